The van der Waals surface area contributed by atoms with Gasteiger partial charge in [0.1, 0.15) is 6.04 Å². The second-order valence-corrected chi connectivity index (χ2v) is 7.79. The fourth-order valence-electron chi connectivity index (χ4n) is 3.98. The summed E-state index contributed by atoms with van der Waals surface area (Å²) in [6, 6.07) is 4.45. The number of hydrogen-bond donors (Lipinski definition) is 4. The van der Waals surface area contributed by atoms with Crippen LogP contribution in [0.15, 0.2) is 18.2 Å². The molecule has 156 valence electrons. The summed E-state index contributed by atoms with van der Waals surface area (Å²) >= 11 is 0. The third-order valence-electron chi connectivity index (χ3n) is 5.82. The van der Waals surface area contributed by atoms with Gasteiger partial charge in [-0.05, 0) is 17.5 Å². The van der Waals surface area contributed by atoms with Crippen LogP contribution in [-0.2, 0) is 22.7 Å². The van der Waals surface area contributed by atoms with Gasteiger partial charge in [0.15, 0.2) is 5.60 Å². The van der Waals surface area contributed by atoms with Gasteiger partial charge in [0.2, 0.25) is 11.8 Å². The molecule has 3 aliphatic heterocycles. The molecule has 4 N–H and O–H groups in total. The average Bonchev–Trinajstić information content (AvgIpc) is 2.97. The standard InChI is InChI=1S/C19H22F2N4O4/c20-19(21,18(29)8-23-9-18)10-22-6-11-2-1-3-12-7-25(17(28)15(11)12)13-4-5-14(26)24-16(13)27/h1-3,13,22-23,29H,4-10H2,(H,24,26,27). The number of amides is 3. The summed E-state index contributed by atoms with van der Waals surface area (Å²) in [5.74, 6) is -4.51. The van der Waals surface area contributed by atoms with Crippen LogP contribution in [0.3, 0.4) is 0 Å². The quantitative estimate of drug-likeness (QED) is 0.473. The molecule has 0 aromatic heterocycles. The molecule has 0 radical (unpaired) electrons. The first kappa shape index (κ1) is 19.9. The molecule has 8 nitrogen and oxygen atoms in total. The number of fused-ring (bicyclic) bond motifs is 1. The van der Waals surface area contributed by atoms with Crippen molar-refractivity contribution in [3.05, 3.63) is 34.9 Å². The van der Waals surface area contributed by atoms with Gasteiger partial charge in [0, 0.05) is 38.2 Å². The Morgan fingerprint density at radius 1 is 1.28 bits per heavy atom. The van der Waals surface area contributed by atoms with Gasteiger partial charge in [-0.25, -0.2) is 8.78 Å². The van der Waals surface area contributed by atoms with Gasteiger partial charge in [-0.2, -0.15) is 0 Å². The molecule has 3 heterocycles. The Labute approximate surface area is 165 Å². The highest BCUT2D eigenvalue weighted by Gasteiger charge is 2.56. The number of piperidine rings is 1. The third-order valence-corrected chi connectivity index (χ3v) is 5.82. The average molecular weight is 408 g/mol. The zero-order valence-corrected chi connectivity index (χ0v) is 15.6. The SMILES string of the molecule is O=C1CCC(N2Cc3cccc(CNCC(F)(F)C4(O)CNC4)c3C2=O)C(=O)N1. The summed E-state index contributed by atoms with van der Waals surface area (Å²) in [6.07, 6.45) is 0.425. The molecule has 1 unspecified atom stereocenters. The first-order valence-electron chi connectivity index (χ1n) is 9.49. The number of imide groups is 1. The highest BCUT2D eigenvalue weighted by Crippen LogP contribution is 2.32. The Morgan fingerprint density at radius 3 is 2.69 bits per heavy atom. The van der Waals surface area contributed by atoms with Crippen molar-refractivity contribution in [2.24, 2.45) is 0 Å². The minimum atomic E-state index is -3.31. The first-order valence-corrected chi connectivity index (χ1v) is 9.49. The van der Waals surface area contributed by atoms with Crippen LogP contribution in [-0.4, -0.2) is 64.9 Å². The highest BCUT2D eigenvalue weighted by atomic mass is 19.3. The highest BCUT2D eigenvalue weighted by molar-refractivity contribution is 6.05. The summed E-state index contributed by atoms with van der Waals surface area (Å²) in [7, 11) is 0. The number of nitrogens with one attached hydrogen (secondary N) is 3. The zero-order valence-electron chi connectivity index (χ0n) is 15.6. The van der Waals surface area contributed by atoms with Crippen LogP contribution >= 0.6 is 0 Å². The number of nitrogens with zero attached hydrogens (tertiary/aromatic N) is 1. The van der Waals surface area contributed by atoms with Crippen molar-refractivity contribution >= 4 is 17.7 Å². The lowest BCUT2D eigenvalue weighted by Gasteiger charge is -2.43. The molecule has 1 aromatic rings. The van der Waals surface area contributed by atoms with E-state index in [1.54, 1.807) is 18.2 Å². The van der Waals surface area contributed by atoms with Crippen molar-refractivity contribution in [2.45, 2.75) is 43.5 Å². The van der Waals surface area contributed by atoms with Gasteiger partial charge in [-0.3, -0.25) is 19.7 Å². The van der Waals surface area contributed by atoms with E-state index in [1.807, 2.05) is 0 Å². The van der Waals surface area contributed by atoms with E-state index in [1.165, 1.54) is 4.90 Å². The van der Waals surface area contributed by atoms with Crippen molar-refractivity contribution in [1.82, 2.24) is 20.9 Å². The van der Waals surface area contributed by atoms with E-state index in [2.05, 4.69) is 16.0 Å². The van der Waals surface area contributed by atoms with Crippen molar-refractivity contribution < 1.29 is 28.3 Å². The lowest BCUT2D eigenvalue weighted by Crippen LogP contribution is -2.71. The maximum Gasteiger partial charge on any atom is 0.290 e. The van der Waals surface area contributed by atoms with E-state index in [0.29, 0.717) is 16.7 Å². The van der Waals surface area contributed by atoms with E-state index in [9.17, 15) is 28.3 Å². The van der Waals surface area contributed by atoms with Crippen molar-refractivity contribution in [3.8, 4) is 0 Å². The van der Waals surface area contributed by atoms with E-state index >= 15 is 0 Å². The third kappa shape index (κ3) is 3.41. The number of alkyl halides is 2. The Balaban J connectivity index is 1.45. The summed E-state index contributed by atoms with van der Waals surface area (Å²) in [6.45, 7) is -0.795. The van der Waals surface area contributed by atoms with Gasteiger partial charge in [0.05, 0.1) is 6.54 Å². The maximum atomic E-state index is 14.2. The Hall–Kier alpha value is -2.43. The van der Waals surface area contributed by atoms with Crippen LogP contribution in [0, 0.1) is 0 Å². The molecular formula is C19H22F2N4O4. The summed E-state index contributed by atoms with van der Waals surface area (Å²) in [5, 5.41) is 17.4. The summed E-state index contributed by atoms with van der Waals surface area (Å²) in [4.78, 5) is 37.9. The zero-order chi connectivity index (χ0) is 20.8. The minimum Gasteiger partial charge on any atom is -0.381 e. The lowest BCUT2D eigenvalue weighted by atomic mass is 9.89. The fraction of sp³-hybridized carbons (Fsp3) is 0.526. The topological polar surface area (TPSA) is 111 Å². The maximum absolute atomic E-state index is 14.2. The predicted molar refractivity (Wildman–Crippen MR) is 97.0 cm³/mol. The van der Waals surface area contributed by atoms with Crippen LogP contribution in [0.2, 0.25) is 0 Å². The second-order valence-electron chi connectivity index (χ2n) is 7.79. The molecule has 1 atom stereocenters. The summed E-state index contributed by atoms with van der Waals surface area (Å²) < 4.78 is 28.4. The van der Waals surface area contributed by atoms with Crippen LogP contribution in [0.25, 0.3) is 0 Å². The van der Waals surface area contributed by atoms with Crippen LogP contribution < -0.4 is 16.0 Å². The van der Waals surface area contributed by atoms with E-state index in [-0.39, 0.29) is 50.8 Å². The predicted octanol–water partition coefficient (Wildman–Crippen LogP) is -0.493. The minimum absolute atomic E-state index is 0.0250. The Morgan fingerprint density at radius 2 is 2.03 bits per heavy atom. The monoisotopic (exact) mass is 408 g/mol. The molecule has 3 aliphatic rings. The number of halogens is 2. The van der Waals surface area contributed by atoms with Gasteiger partial charge in [-0.1, -0.05) is 18.2 Å². The van der Waals surface area contributed by atoms with Crippen LogP contribution in [0.5, 0.6) is 0 Å². The summed E-state index contributed by atoms with van der Waals surface area (Å²) in [5.41, 5.74) is -0.391. The Bertz CT molecular complexity index is 872. The molecule has 0 spiro atoms. The molecule has 0 bridgehead atoms. The molecule has 2 saturated heterocycles. The molecule has 0 aliphatic carbocycles. The number of carbonyl (C=O) groups excluding carboxylic acids is 3. The molecule has 10 heteroatoms. The number of β-amino-alcohol motifs (C(OH)–C–C–N with tert-alkyl or cyclic N) is 1. The number of aliphatic hydroxyl groups is 1. The largest absolute Gasteiger partial charge is 0.381 e. The molecule has 29 heavy (non-hydrogen) atoms. The molecule has 1 aromatic carbocycles. The van der Waals surface area contributed by atoms with Gasteiger partial charge < -0.3 is 20.6 Å². The number of carbonyl (C=O) groups is 3. The van der Waals surface area contributed by atoms with E-state index < -0.39 is 30.0 Å². The molecule has 3 amide bonds. The van der Waals surface area contributed by atoms with E-state index in [0.717, 1.165) is 0 Å². The van der Waals surface area contributed by atoms with Gasteiger partial charge >= 0.3 is 0 Å². The smallest absolute Gasteiger partial charge is 0.290 e. The number of hydrogen-bond acceptors (Lipinski definition) is 6. The Kier molecular flexibility index (Phi) is 4.88. The first-order chi connectivity index (χ1) is 13.7. The van der Waals surface area contributed by atoms with Crippen molar-refractivity contribution in [2.75, 3.05) is 19.6 Å². The van der Waals surface area contributed by atoms with Crippen molar-refractivity contribution in [1.29, 1.82) is 0 Å². The normalized spacial score (nSPS) is 23.6. The number of rotatable bonds is 6. The lowest BCUT2D eigenvalue weighted by molar-refractivity contribution is -0.199. The molecule has 0 saturated carbocycles. The van der Waals surface area contributed by atoms with Gasteiger partial charge in [-0.15, -0.1) is 0 Å². The molecule has 4 rings (SSSR count). The molecular weight excluding hydrogens is 386 g/mol. The fourth-order valence-corrected chi connectivity index (χ4v) is 3.98. The van der Waals surface area contributed by atoms with Crippen LogP contribution in [0.4, 0.5) is 8.78 Å². The van der Waals surface area contributed by atoms with Gasteiger partial charge in [0.25, 0.3) is 11.8 Å². The van der Waals surface area contributed by atoms with E-state index in [4.69, 9.17) is 0 Å². The number of benzene rings is 1. The molecule has 2 fully saturated rings. The van der Waals surface area contributed by atoms with Crippen molar-refractivity contribution in [3.63, 3.8) is 0 Å². The van der Waals surface area contributed by atoms with Crippen LogP contribution in [0.1, 0.15) is 34.3 Å². The second kappa shape index (κ2) is 7.12.